The Morgan fingerprint density at radius 1 is 1.33 bits per heavy atom. The summed E-state index contributed by atoms with van der Waals surface area (Å²) < 4.78 is 13.1. The van der Waals surface area contributed by atoms with Crippen molar-refractivity contribution in [3.63, 3.8) is 0 Å². The molecule has 2 fully saturated rings. The average Bonchev–Trinajstić information content (AvgIpc) is 3.23. The Morgan fingerprint density at radius 2 is 2.14 bits per heavy atom. The normalized spacial score (nSPS) is 19.9. The van der Waals surface area contributed by atoms with Crippen molar-refractivity contribution >= 4 is 46.4 Å². The lowest BCUT2D eigenvalue weighted by molar-refractivity contribution is -0.0376. The van der Waals surface area contributed by atoms with E-state index in [0.717, 1.165) is 30.0 Å². The second-order valence-electron chi connectivity index (χ2n) is 9.18. The molecule has 0 spiro atoms. The first-order valence-corrected chi connectivity index (χ1v) is 13.1. The monoisotopic (exact) mass is 533 g/mol. The number of amides is 1. The third-order valence-electron chi connectivity index (χ3n) is 6.61. The molecule has 0 aliphatic carbocycles. The maximum Gasteiger partial charge on any atom is 0.405 e. The number of fused-ring (bicyclic) bond motifs is 1. The predicted molar refractivity (Wildman–Crippen MR) is 135 cm³/mol. The van der Waals surface area contributed by atoms with Crippen molar-refractivity contribution in [1.82, 2.24) is 30.0 Å². The van der Waals surface area contributed by atoms with Crippen molar-refractivity contribution in [3.05, 3.63) is 23.5 Å². The van der Waals surface area contributed by atoms with E-state index in [1.54, 1.807) is 12.4 Å². The molecule has 0 aromatic carbocycles. The van der Waals surface area contributed by atoms with Gasteiger partial charge in [0, 0.05) is 36.3 Å². The van der Waals surface area contributed by atoms with E-state index in [2.05, 4.69) is 15.2 Å². The molecule has 36 heavy (non-hydrogen) atoms. The van der Waals surface area contributed by atoms with Gasteiger partial charge >= 0.3 is 6.09 Å². The second-order valence-corrected chi connectivity index (χ2v) is 10.6. The van der Waals surface area contributed by atoms with E-state index < -0.39 is 11.6 Å². The highest BCUT2D eigenvalue weighted by atomic mass is 35.5. The number of nitrogens with zero attached hydrogens (tertiary/aromatic N) is 6. The van der Waals surface area contributed by atoms with Gasteiger partial charge in [-0.25, -0.2) is 24.4 Å². The minimum absolute atomic E-state index is 0.216. The highest BCUT2D eigenvalue weighted by Gasteiger charge is 2.33. The number of hydrogen-bond donors (Lipinski definition) is 2. The van der Waals surface area contributed by atoms with Crippen molar-refractivity contribution in [3.8, 4) is 5.88 Å². The lowest BCUT2D eigenvalue weighted by Gasteiger charge is -2.39. The number of aromatic nitrogens is 5. The summed E-state index contributed by atoms with van der Waals surface area (Å²) in [5.74, 6) is 1.08. The molecular weight excluding hydrogens is 506 g/mol. The molecule has 1 atom stereocenters. The minimum atomic E-state index is -1.000. The van der Waals surface area contributed by atoms with E-state index in [4.69, 9.17) is 41.2 Å². The first kappa shape index (κ1) is 24.8. The van der Waals surface area contributed by atoms with Crippen molar-refractivity contribution in [2.24, 2.45) is 0 Å². The van der Waals surface area contributed by atoms with Gasteiger partial charge in [-0.1, -0.05) is 23.4 Å². The number of hydrogen-bond acceptors (Lipinski definition) is 9. The largest absolute Gasteiger partial charge is 0.480 e. The van der Waals surface area contributed by atoms with Gasteiger partial charge in [0.2, 0.25) is 5.88 Å². The van der Waals surface area contributed by atoms with Crippen LogP contribution in [0, 0.1) is 0 Å². The van der Waals surface area contributed by atoms with Crippen LogP contribution < -0.4 is 15.0 Å². The molecule has 0 saturated carbocycles. The molecular formula is C23H28ClN7O4S. The molecule has 5 rings (SSSR count). The molecule has 0 bridgehead atoms. The van der Waals surface area contributed by atoms with Gasteiger partial charge in [-0.05, 0) is 45.1 Å². The lowest BCUT2D eigenvalue weighted by atomic mass is 9.90. The molecule has 2 aliphatic rings. The molecule has 13 heteroatoms. The summed E-state index contributed by atoms with van der Waals surface area (Å²) in [6, 6.07) is 1.81. The first-order chi connectivity index (χ1) is 17.4. The Kier molecular flexibility index (Phi) is 7.09. The van der Waals surface area contributed by atoms with Gasteiger partial charge in [0.15, 0.2) is 16.9 Å². The van der Waals surface area contributed by atoms with Crippen LogP contribution in [0.5, 0.6) is 5.88 Å². The molecule has 11 nitrogen and oxygen atoms in total. The molecule has 3 aromatic rings. The van der Waals surface area contributed by atoms with Gasteiger partial charge in [-0.2, -0.15) is 5.10 Å². The molecule has 2 saturated heterocycles. The first-order valence-electron chi connectivity index (χ1n) is 11.9. The summed E-state index contributed by atoms with van der Waals surface area (Å²) in [6.45, 7) is 3.94. The van der Waals surface area contributed by atoms with E-state index >= 15 is 0 Å². The zero-order valence-corrected chi connectivity index (χ0v) is 21.7. The summed E-state index contributed by atoms with van der Waals surface area (Å²) in [5, 5.41) is 17.7. The van der Waals surface area contributed by atoms with Crippen LogP contribution in [0.3, 0.4) is 0 Å². The van der Waals surface area contributed by atoms with E-state index in [1.165, 1.54) is 18.9 Å². The molecule has 3 aromatic heterocycles. The van der Waals surface area contributed by atoms with E-state index in [9.17, 15) is 4.79 Å². The SMILES string of the molecule is COc1nccc(Sc2nn(C3CCCCO3)c3nc(N4CCC(C)(NC(=O)O)CC4)cnc23)c1Cl. The fourth-order valence-electron chi connectivity index (χ4n) is 4.56. The fraction of sp³-hybridized carbons (Fsp3) is 0.522. The molecule has 2 N–H and O–H groups in total. The number of pyridine rings is 1. The summed E-state index contributed by atoms with van der Waals surface area (Å²) in [5.41, 5.74) is 0.863. The van der Waals surface area contributed by atoms with Gasteiger partial charge in [-0.15, -0.1) is 0 Å². The zero-order chi connectivity index (χ0) is 25.3. The van der Waals surface area contributed by atoms with Crippen LogP contribution in [-0.2, 0) is 4.74 Å². The molecule has 1 amide bonds. The molecule has 2 aliphatic heterocycles. The van der Waals surface area contributed by atoms with E-state index in [1.807, 2.05) is 17.7 Å². The lowest BCUT2D eigenvalue weighted by Crippen LogP contribution is -2.53. The van der Waals surface area contributed by atoms with Crippen LogP contribution >= 0.6 is 23.4 Å². The Hall–Kier alpha value is -2.83. The van der Waals surface area contributed by atoms with E-state index in [0.29, 0.717) is 59.6 Å². The standard InChI is InChI=1S/C23H28ClN7O4S/c1-23(28-22(32)33)7-10-30(11-8-23)15-13-26-18-19(27-15)31(16-5-3-4-12-35-16)29-21(18)36-14-6-9-25-20(34-2)17(14)24/h6,9,13,16,28H,3-5,7-8,10-12H2,1-2H3,(H,32,33). The van der Waals surface area contributed by atoms with Gasteiger partial charge in [0.25, 0.3) is 0 Å². The minimum Gasteiger partial charge on any atom is -0.480 e. The van der Waals surface area contributed by atoms with Crippen molar-refractivity contribution < 1.29 is 19.4 Å². The quantitative estimate of drug-likeness (QED) is 0.471. The number of rotatable bonds is 6. The number of halogens is 1. The molecule has 1 unspecified atom stereocenters. The predicted octanol–water partition coefficient (Wildman–Crippen LogP) is 4.36. The van der Waals surface area contributed by atoms with Crippen LogP contribution in [-0.4, -0.2) is 68.3 Å². The summed E-state index contributed by atoms with van der Waals surface area (Å²) in [7, 11) is 1.53. The number of piperidine rings is 1. The zero-order valence-electron chi connectivity index (χ0n) is 20.1. The number of ether oxygens (including phenoxy) is 2. The highest BCUT2D eigenvalue weighted by molar-refractivity contribution is 7.99. The topological polar surface area (TPSA) is 128 Å². The van der Waals surface area contributed by atoms with Crippen LogP contribution in [0.1, 0.15) is 45.3 Å². The van der Waals surface area contributed by atoms with Crippen LogP contribution in [0.4, 0.5) is 10.6 Å². The Labute approximate surface area is 217 Å². The molecule has 192 valence electrons. The summed E-state index contributed by atoms with van der Waals surface area (Å²) >= 11 is 7.88. The summed E-state index contributed by atoms with van der Waals surface area (Å²) in [4.78, 5) is 27.9. The van der Waals surface area contributed by atoms with Gasteiger partial charge < -0.3 is 24.8 Å². The smallest absolute Gasteiger partial charge is 0.405 e. The molecule has 5 heterocycles. The third-order valence-corrected chi connectivity index (χ3v) is 8.12. The summed E-state index contributed by atoms with van der Waals surface area (Å²) in [6.07, 6.45) is 6.45. The van der Waals surface area contributed by atoms with Crippen molar-refractivity contribution in [2.45, 2.75) is 60.7 Å². The number of carbonyl (C=O) groups is 1. The third kappa shape index (κ3) is 5.02. The van der Waals surface area contributed by atoms with Gasteiger partial charge in [0.05, 0.1) is 13.3 Å². The van der Waals surface area contributed by atoms with Crippen molar-refractivity contribution in [2.75, 3.05) is 31.7 Å². The Bertz CT molecular complexity index is 1260. The molecule has 0 radical (unpaired) electrons. The van der Waals surface area contributed by atoms with E-state index in [-0.39, 0.29) is 6.23 Å². The van der Waals surface area contributed by atoms with Crippen molar-refractivity contribution in [1.29, 1.82) is 0 Å². The van der Waals surface area contributed by atoms with Gasteiger partial charge in [-0.3, -0.25) is 0 Å². The highest BCUT2D eigenvalue weighted by Crippen LogP contribution is 2.40. The number of nitrogens with one attached hydrogen (secondary N) is 1. The fourth-order valence-corrected chi connectivity index (χ4v) is 5.75. The number of methoxy groups -OCH3 is 1. The Morgan fingerprint density at radius 3 is 2.83 bits per heavy atom. The maximum absolute atomic E-state index is 11.2. The maximum atomic E-state index is 11.2. The Balaban J connectivity index is 1.47. The average molecular weight is 534 g/mol. The second kappa shape index (κ2) is 10.3. The number of carboxylic acid groups (broad SMARTS) is 1. The number of anilines is 1. The van der Waals surface area contributed by atoms with Crippen LogP contribution in [0.15, 0.2) is 28.4 Å². The van der Waals surface area contributed by atoms with Crippen LogP contribution in [0.2, 0.25) is 5.02 Å². The van der Waals surface area contributed by atoms with Crippen LogP contribution in [0.25, 0.3) is 11.2 Å². The van der Waals surface area contributed by atoms with Gasteiger partial charge in [0.1, 0.15) is 16.4 Å².